The van der Waals surface area contributed by atoms with Gasteiger partial charge in [-0.15, -0.1) is 11.3 Å². The highest BCUT2D eigenvalue weighted by Gasteiger charge is 2.11. The van der Waals surface area contributed by atoms with Gasteiger partial charge in [0.2, 0.25) is 5.91 Å². The molecular formula is C20H18Cl2N2O2S. The van der Waals surface area contributed by atoms with E-state index in [0.717, 1.165) is 16.9 Å². The minimum absolute atomic E-state index is 0.0769. The number of aryl methyl sites for hydroxylation is 1. The molecular weight excluding hydrogens is 403 g/mol. The fourth-order valence-corrected chi connectivity index (χ4v) is 3.74. The minimum Gasteiger partial charge on any atom is -0.494 e. The lowest BCUT2D eigenvalue weighted by atomic mass is 10.1. The number of halogens is 2. The summed E-state index contributed by atoms with van der Waals surface area (Å²) in [7, 11) is 0. The molecule has 4 nitrogen and oxygen atoms in total. The molecule has 0 aliphatic heterocycles. The third-order valence-electron chi connectivity index (χ3n) is 3.83. The quantitative estimate of drug-likeness (QED) is 0.503. The molecule has 1 N–H and O–H groups in total. The van der Waals surface area contributed by atoms with Crippen molar-refractivity contribution in [2.75, 3.05) is 11.9 Å². The molecule has 3 rings (SSSR count). The lowest BCUT2D eigenvalue weighted by molar-refractivity contribution is -0.116. The Morgan fingerprint density at radius 3 is 2.67 bits per heavy atom. The van der Waals surface area contributed by atoms with Gasteiger partial charge < -0.3 is 10.1 Å². The van der Waals surface area contributed by atoms with E-state index in [1.165, 1.54) is 11.3 Å². The predicted molar refractivity (Wildman–Crippen MR) is 112 cm³/mol. The summed E-state index contributed by atoms with van der Waals surface area (Å²) in [5, 5.41) is 6.35. The second-order valence-corrected chi connectivity index (χ2v) is 7.49. The Morgan fingerprint density at radius 2 is 1.96 bits per heavy atom. The van der Waals surface area contributed by atoms with Gasteiger partial charge >= 0.3 is 0 Å². The minimum atomic E-state index is -0.0769. The summed E-state index contributed by atoms with van der Waals surface area (Å²) in [6.45, 7) is 2.59. The fourth-order valence-electron chi connectivity index (χ4n) is 2.51. The first-order valence-corrected chi connectivity index (χ1v) is 10.1. The number of carbonyl (C=O) groups is 1. The van der Waals surface area contributed by atoms with E-state index in [0.29, 0.717) is 40.3 Å². The van der Waals surface area contributed by atoms with Crippen molar-refractivity contribution in [3.63, 3.8) is 0 Å². The molecule has 0 aliphatic rings. The normalized spacial score (nSPS) is 10.6. The summed E-state index contributed by atoms with van der Waals surface area (Å²) >= 11 is 13.5. The number of thiazole rings is 1. The summed E-state index contributed by atoms with van der Waals surface area (Å²) in [6.07, 6.45) is 1.03. The third-order valence-corrected chi connectivity index (χ3v) is 5.14. The molecule has 1 heterocycles. The van der Waals surface area contributed by atoms with Crippen LogP contribution in [0.5, 0.6) is 5.75 Å². The van der Waals surface area contributed by atoms with Crippen LogP contribution in [0, 0.1) is 0 Å². The number of rotatable bonds is 7. The van der Waals surface area contributed by atoms with Crippen LogP contribution in [0.15, 0.2) is 47.8 Å². The highest BCUT2D eigenvalue weighted by molar-refractivity contribution is 7.14. The van der Waals surface area contributed by atoms with Crippen molar-refractivity contribution in [3.8, 4) is 17.0 Å². The highest BCUT2D eigenvalue weighted by Crippen LogP contribution is 2.32. The monoisotopic (exact) mass is 420 g/mol. The topological polar surface area (TPSA) is 51.2 Å². The van der Waals surface area contributed by atoms with Gasteiger partial charge in [-0.2, -0.15) is 0 Å². The van der Waals surface area contributed by atoms with Crippen LogP contribution in [0.1, 0.15) is 18.9 Å². The van der Waals surface area contributed by atoms with Gasteiger partial charge in [-0.25, -0.2) is 4.98 Å². The Morgan fingerprint density at radius 1 is 1.19 bits per heavy atom. The summed E-state index contributed by atoms with van der Waals surface area (Å²) in [5.74, 6) is 0.758. The number of ether oxygens (including phenoxy) is 1. The number of aromatic nitrogens is 1. The van der Waals surface area contributed by atoms with Gasteiger partial charge in [0.05, 0.1) is 17.3 Å². The molecule has 0 bridgehead atoms. The molecule has 0 radical (unpaired) electrons. The van der Waals surface area contributed by atoms with Gasteiger partial charge in [-0.1, -0.05) is 35.3 Å². The lowest BCUT2D eigenvalue weighted by Gasteiger charge is -2.05. The Labute approximate surface area is 172 Å². The summed E-state index contributed by atoms with van der Waals surface area (Å²) in [6, 6.07) is 13.0. The molecule has 0 unspecified atom stereocenters. The number of carbonyl (C=O) groups excluding carboxylic acids is 1. The van der Waals surface area contributed by atoms with Crippen LogP contribution in [0.2, 0.25) is 10.0 Å². The zero-order valence-corrected chi connectivity index (χ0v) is 17.0. The van der Waals surface area contributed by atoms with Crippen LogP contribution >= 0.6 is 34.5 Å². The average Bonchev–Trinajstić information content (AvgIpc) is 3.09. The van der Waals surface area contributed by atoms with Gasteiger partial charge in [-0.3, -0.25) is 4.79 Å². The van der Waals surface area contributed by atoms with Crippen molar-refractivity contribution in [1.29, 1.82) is 0 Å². The molecule has 0 aliphatic carbocycles. The molecule has 140 valence electrons. The van der Waals surface area contributed by atoms with Crippen LogP contribution in [0.3, 0.4) is 0 Å². The SMILES string of the molecule is CCOc1ccc(CCC(=O)Nc2nc(-c3ccc(Cl)cc3Cl)cs2)cc1. The molecule has 0 spiro atoms. The molecule has 1 amide bonds. The van der Waals surface area contributed by atoms with E-state index >= 15 is 0 Å². The second-order valence-electron chi connectivity index (χ2n) is 5.79. The Kier molecular flexibility index (Phi) is 6.72. The summed E-state index contributed by atoms with van der Waals surface area (Å²) < 4.78 is 5.42. The van der Waals surface area contributed by atoms with Crippen molar-refractivity contribution >= 4 is 45.6 Å². The first-order chi connectivity index (χ1) is 13.0. The van der Waals surface area contributed by atoms with E-state index < -0.39 is 0 Å². The Bertz CT molecular complexity index is 926. The number of nitrogens with zero attached hydrogens (tertiary/aromatic N) is 1. The maximum atomic E-state index is 12.2. The van der Waals surface area contributed by atoms with Crippen molar-refractivity contribution in [1.82, 2.24) is 4.98 Å². The molecule has 27 heavy (non-hydrogen) atoms. The van der Waals surface area contributed by atoms with Crippen LogP contribution in [0.4, 0.5) is 5.13 Å². The zero-order chi connectivity index (χ0) is 19.2. The molecule has 0 saturated carbocycles. The lowest BCUT2D eigenvalue weighted by Crippen LogP contribution is -2.12. The Balaban J connectivity index is 1.56. The molecule has 7 heteroatoms. The number of amides is 1. The third kappa shape index (κ3) is 5.45. The van der Waals surface area contributed by atoms with Crippen LogP contribution in [-0.4, -0.2) is 17.5 Å². The van der Waals surface area contributed by atoms with Crippen LogP contribution in [-0.2, 0) is 11.2 Å². The van der Waals surface area contributed by atoms with Crippen molar-refractivity contribution in [2.45, 2.75) is 19.8 Å². The number of anilines is 1. The molecule has 0 atom stereocenters. The van der Waals surface area contributed by atoms with E-state index in [1.54, 1.807) is 12.1 Å². The first kappa shape index (κ1) is 19.7. The van der Waals surface area contributed by atoms with E-state index in [-0.39, 0.29) is 5.91 Å². The number of hydrogen-bond donors (Lipinski definition) is 1. The van der Waals surface area contributed by atoms with E-state index in [2.05, 4.69) is 10.3 Å². The molecule has 0 fully saturated rings. The van der Waals surface area contributed by atoms with Gasteiger partial charge in [-0.05, 0) is 49.2 Å². The zero-order valence-electron chi connectivity index (χ0n) is 14.7. The van der Waals surface area contributed by atoms with E-state index in [9.17, 15) is 4.79 Å². The highest BCUT2D eigenvalue weighted by atomic mass is 35.5. The number of benzene rings is 2. The fraction of sp³-hybridized carbons (Fsp3) is 0.200. The first-order valence-electron chi connectivity index (χ1n) is 8.47. The van der Waals surface area contributed by atoms with Crippen LogP contribution in [0.25, 0.3) is 11.3 Å². The summed E-state index contributed by atoms with van der Waals surface area (Å²) in [4.78, 5) is 16.6. The van der Waals surface area contributed by atoms with Crippen molar-refractivity contribution in [2.24, 2.45) is 0 Å². The maximum absolute atomic E-state index is 12.2. The molecule has 2 aromatic carbocycles. The van der Waals surface area contributed by atoms with Gasteiger partial charge in [0.25, 0.3) is 0 Å². The maximum Gasteiger partial charge on any atom is 0.226 e. The van der Waals surface area contributed by atoms with E-state index in [1.807, 2.05) is 42.6 Å². The van der Waals surface area contributed by atoms with Crippen LogP contribution < -0.4 is 10.1 Å². The number of nitrogens with one attached hydrogen (secondary N) is 1. The van der Waals surface area contributed by atoms with Crippen molar-refractivity contribution in [3.05, 3.63) is 63.5 Å². The average molecular weight is 421 g/mol. The van der Waals surface area contributed by atoms with Gasteiger partial charge in [0.1, 0.15) is 5.75 Å². The summed E-state index contributed by atoms with van der Waals surface area (Å²) in [5.41, 5.74) is 2.58. The second kappa shape index (κ2) is 9.22. The van der Waals surface area contributed by atoms with Gasteiger partial charge in [0, 0.05) is 22.4 Å². The molecule has 1 aromatic heterocycles. The molecule has 3 aromatic rings. The van der Waals surface area contributed by atoms with Crippen molar-refractivity contribution < 1.29 is 9.53 Å². The van der Waals surface area contributed by atoms with E-state index in [4.69, 9.17) is 27.9 Å². The molecule has 0 saturated heterocycles. The largest absolute Gasteiger partial charge is 0.494 e. The standard InChI is InChI=1S/C20H18Cl2N2O2S/c1-2-26-15-7-3-13(4-8-15)5-10-19(25)24-20-23-18(12-27-20)16-9-6-14(21)11-17(16)22/h3-4,6-9,11-12H,2,5,10H2,1H3,(H,23,24,25). The Hall–Kier alpha value is -2.08. The number of hydrogen-bond acceptors (Lipinski definition) is 4. The van der Waals surface area contributed by atoms with Gasteiger partial charge in [0.15, 0.2) is 5.13 Å². The smallest absolute Gasteiger partial charge is 0.226 e. The predicted octanol–water partition coefficient (Wildman–Crippen LogP) is 6.09.